The SMILES string of the molecule is CCCCCNC(=NC)NCC(=O)NC(C)(C)C.I. The quantitative estimate of drug-likeness (QED) is 0.284. The fraction of sp³-hybridized carbons (Fsp3) is 0.846. The predicted octanol–water partition coefficient (Wildman–Crippen LogP) is 1.87. The minimum atomic E-state index is -0.198. The predicted molar refractivity (Wildman–Crippen MR) is 92.2 cm³/mol. The van der Waals surface area contributed by atoms with Crippen molar-refractivity contribution in [3.8, 4) is 0 Å². The number of hydrogen-bond donors (Lipinski definition) is 3. The Morgan fingerprint density at radius 1 is 1.16 bits per heavy atom. The third-order valence-electron chi connectivity index (χ3n) is 2.23. The number of guanidine groups is 1. The van der Waals surface area contributed by atoms with Gasteiger partial charge in [0, 0.05) is 19.1 Å². The molecule has 19 heavy (non-hydrogen) atoms. The molecular weight excluding hydrogens is 355 g/mol. The van der Waals surface area contributed by atoms with Crippen LogP contribution >= 0.6 is 24.0 Å². The van der Waals surface area contributed by atoms with E-state index in [0.29, 0.717) is 5.96 Å². The molecule has 1 amide bonds. The maximum Gasteiger partial charge on any atom is 0.239 e. The Bertz CT molecular complexity index is 274. The molecule has 0 aliphatic rings. The van der Waals surface area contributed by atoms with Crippen LogP contribution in [0.5, 0.6) is 0 Å². The molecule has 0 atom stereocenters. The van der Waals surface area contributed by atoms with E-state index in [1.54, 1.807) is 7.05 Å². The molecule has 0 aromatic heterocycles. The second kappa shape index (κ2) is 11.3. The second-order valence-corrected chi connectivity index (χ2v) is 5.36. The summed E-state index contributed by atoms with van der Waals surface area (Å²) in [5, 5.41) is 9.07. The van der Waals surface area contributed by atoms with Crippen LogP contribution in [0.25, 0.3) is 0 Å². The minimum absolute atomic E-state index is 0. The van der Waals surface area contributed by atoms with E-state index in [-0.39, 0.29) is 42.0 Å². The van der Waals surface area contributed by atoms with Crippen LogP contribution in [0.3, 0.4) is 0 Å². The van der Waals surface area contributed by atoms with Gasteiger partial charge in [0.2, 0.25) is 5.91 Å². The first-order chi connectivity index (χ1) is 8.39. The Labute approximate surface area is 134 Å². The molecule has 0 fully saturated rings. The van der Waals surface area contributed by atoms with E-state index in [4.69, 9.17) is 0 Å². The van der Waals surface area contributed by atoms with Crippen LogP contribution in [0, 0.1) is 0 Å². The highest BCUT2D eigenvalue weighted by atomic mass is 127. The number of carbonyl (C=O) groups is 1. The first kappa shape index (κ1) is 20.8. The molecule has 0 spiro atoms. The minimum Gasteiger partial charge on any atom is -0.356 e. The summed E-state index contributed by atoms with van der Waals surface area (Å²) < 4.78 is 0. The third kappa shape index (κ3) is 13.7. The lowest BCUT2D eigenvalue weighted by atomic mass is 10.1. The summed E-state index contributed by atoms with van der Waals surface area (Å²) in [6.07, 6.45) is 3.52. The highest BCUT2D eigenvalue weighted by Crippen LogP contribution is 1.97. The van der Waals surface area contributed by atoms with E-state index in [1.165, 1.54) is 12.8 Å². The topological polar surface area (TPSA) is 65.5 Å². The van der Waals surface area contributed by atoms with Crippen LogP contribution in [0.4, 0.5) is 0 Å². The zero-order valence-electron chi connectivity index (χ0n) is 12.8. The Balaban J connectivity index is 0. The van der Waals surface area contributed by atoms with Crippen molar-refractivity contribution in [2.45, 2.75) is 52.5 Å². The second-order valence-electron chi connectivity index (χ2n) is 5.36. The van der Waals surface area contributed by atoms with Gasteiger partial charge in [-0.3, -0.25) is 9.79 Å². The lowest BCUT2D eigenvalue weighted by molar-refractivity contribution is -0.121. The van der Waals surface area contributed by atoms with Crippen molar-refractivity contribution in [1.29, 1.82) is 0 Å². The van der Waals surface area contributed by atoms with Crippen LogP contribution in [-0.2, 0) is 4.79 Å². The number of nitrogens with zero attached hydrogens (tertiary/aromatic N) is 1. The summed E-state index contributed by atoms with van der Waals surface area (Å²) in [5.41, 5.74) is -0.198. The number of nitrogens with one attached hydrogen (secondary N) is 3. The van der Waals surface area contributed by atoms with Gasteiger partial charge in [0.15, 0.2) is 5.96 Å². The first-order valence-corrected chi connectivity index (χ1v) is 6.64. The van der Waals surface area contributed by atoms with E-state index in [1.807, 2.05) is 20.8 Å². The highest BCUT2D eigenvalue weighted by molar-refractivity contribution is 14.0. The van der Waals surface area contributed by atoms with Crippen molar-refractivity contribution in [2.24, 2.45) is 4.99 Å². The molecule has 0 unspecified atom stereocenters. The molecule has 114 valence electrons. The Hall–Kier alpha value is -0.530. The molecule has 0 aromatic rings. The van der Waals surface area contributed by atoms with Crippen molar-refractivity contribution >= 4 is 35.8 Å². The Morgan fingerprint density at radius 3 is 2.26 bits per heavy atom. The fourth-order valence-corrected chi connectivity index (χ4v) is 1.43. The van der Waals surface area contributed by atoms with Gasteiger partial charge in [-0.25, -0.2) is 0 Å². The summed E-state index contributed by atoms with van der Waals surface area (Å²) in [7, 11) is 1.71. The fourth-order valence-electron chi connectivity index (χ4n) is 1.43. The standard InChI is InChI=1S/C13H28N4O.HI/c1-6-7-8-9-15-12(14-5)16-10-11(18)17-13(2,3)4;/h6-10H2,1-5H3,(H,17,18)(H2,14,15,16);1H. The molecule has 3 N–H and O–H groups in total. The third-order valence-corrected chi connectivity index (χ3v) is 2.23. The van der Waals surface area contributed by atoms with Gasteiger partial charge >= 0.3 is 0 Å². The number of unbranched alkanes of at least 4 members (excludes halogenated alkanes) is 2. The average molecular weight is 384 g/mol. The van der Waals surface area contributed by atoms with Gasteiger partial charge in [-0.2, -0.15) is 0 Å². The van der Waals surface area contributed by atoms with Gasteiger partial charge in [0.1, 0.15) is 0 Å². The summed E-state index contributed by atoms with van der Waals surface area (Å²) in [5.74, 6) is 0.647. The Morgan fingerprint density at radius 2 is 1.79 bits per heavy atom. The van der Waals surface area contributed by atoms with Gasteiger partial charge in [0.25, 0.3) is 0 Å². The first-order valence-electron chi connectivity index (χ1n) is 6.64. The number of halogens is 1. The number of aliphatic imine (C=N–C) groups is 1. The van der Waals surface area contributed by atoms with Gasteiger partial charge in [-0.15, -0.1) is 24.0 Å². The largest absolute Gasteiger partial charge is 0.356 e. The van der Waals surface area contributed by atoms with Gasteiger partial charge in [-0.05, 0) is 27.2 Å². The molecule has 0 bridgehead atoms. The van der Waals surface area contributed by atoms with Gasteiger partial charge in [-0.1, -0.05) is 19.8 Å². The monoisotopic (exact) mass is 384 g/mol. The molecule has 0 saturated carbocycles. The maximum atomic E-state index is 11.6. The molecule has 0 radical (unpaired) electrons. The van der Waals surface area contributed by atoms with Crippen LogP contribution in [-0.4, -0.2) is 37.5 Å². The number of hydrogen-bond acceptors (Lipinski definition) is 2. The zero-order valence-corrected chi connectivity index (χ0v) is 15.1. The van der Waals surface area contributed by atoms with E-state index < -0.39 is 0 Å². The van der Waals surface area contributed by atoms with Crippen LogP contribution in [0.2, 0.25) is 0 Å². The van der Waals surface area contributed by atoms with Crippen molar-refractivity contribution < 1.29 is 4.79 Å². The van der Waals surface area contributed by atoms with Gasteiger partial charge in [0.05, 0.1) is 6.54 Å². The lowest BCUT2D eigenvalue weighted by Gasteiger charge is -2.21. The van der Waals surface area contributed by atoms with Crippen molar-refractivity contribution in [3.63, 3.8) is 0 Å². The summed E-state index contributed by atoms with van der Waals surface area (Å²) in [6.45, 7) is 9.18. The average Bonchev–Trinajstić information content (AvgIpc) is 2.26. The van der Waals surface area contributed by atoms with Crippen molar-refractivity contribution in [1.82, 2.24) is 16.0 Å². The van der Waals surface area contributed by atoms with E-state index >= 15 is 0 Å². The zero-order chi connectivity index (χ0) is 14.0. The van der Waals surface area contributed by atoms with Crippen LogP contribution in [0.15, 0.2) is 4.99 Å². The van der Waals surface area contributed by atoms with Crippen molar-refractivity contribution in [2.75, 3.05) is 20.1 Å². The summed E-state index contributed by atoms with van der Waals surface area (Å²) >= 11 is 0. The van der Waals surface area contributed by atoms with Crippen LogP contribution in [0.1, 0.15) is 47.0 Å². The van der Waals surface area contributed by atoms with Gasteiger partial charge < -0.3 is 16.0 Å². The summed E-state index contributed by atoms with van der Waals surface area (Å²) in [6, 6.07) is 0. The maximum absolute atomic E-state index is 11.6. The Kier molecular flexibility index (Phi) is 12.4. The smallest absolute Gasteiger partial charge is 0.239 e. The number of rotatable bonds is 6. The molecular formula is C13H29IN4O. The number of carbonyl (C=O) groups excluding carboxylic acids is 1. The lowest BCUT2D eigenvalue weighted by Crippen LogP contribution is -2.48. The molecule has 6 heteroatoms. The van der Waals surface area contributed by atoms with E-state index in [2.05, 4.69) is 27.9 Å². The normalized spacial score (nSPS) is 11.5. The summed E-state index contributed by atoms with van der Waals surface area (Å²) in [4.78, 5) is 15.7. The highest BCUT2D eigenvalue weighted by Gasteiger charge is 2.13. The molecule has 0 rings (SSSR count). The molecule has 0 aliphatic heterocycles. The van der Waals surface area contributed by atoms with Crippen molar-refractivity contribution in [3.05, 3.63) is 0 Å². The molecule has 0 heterocycles. The molecule has 5 nitrogen and oxygen atoms in total. The van der Waals surface area contributed by atoms with E-state index in [0.717, 1.165) is 13.0 Å². The molecule has 0 aliphatic carbocycles. The molecule has 0 aromatic carbocycles. The molecule has 0 saturated heterocycles. The number of amides is 1. The van der Waals surface area contributed by atoms with Crippen LogP contribution < -0.4 is 16.0 Å². The van der Waals surface area contributed by atoms with E-state index in [9.17, 15) is 4.79 Å².